The van der Waals surface area contributed by atoms with Gasteiger partial charge in [-0.05, 0) is 18.6 Å². The van der Waals surface area contributed by atoms with E-state index in [9.17, 15) is 8.78 Å². The Morgan fingerprint density at radius 3 is 2.75 bits per heavy atom. The zero-order valence-electron chi connectivity index (χ0n) is 11.8. The van der Waals surface area contributed by atoms with E-state index in [0.717, 1.165) is 0 Å². The number of aromatic nitrogens is 1. The molecule has 0 saturated carbocycles. The molecule has 0 radical (unpaired) electrons. The van der Waals surface area contributed by atoms with Crippen LogP contribution in [0.4, 0.5) is 8.78 Å². The monoisotopic (exact) mass is 280 g/mol. The molecule has 0 aliphatic carbocycles. The Hall–Kier alpha value is -1.75. The lowest BCUT2D eigenvalue weighted by atomic mass is 10.1. The van der Waals surface area contributed by atoms with Crippen molar-refractivity contribution in [1.29, 1.82) is 0 Å². The summed E-state index contributed by atoms with van der Waals surface area (Å²) < 4.78 is 33.2. The van der Waals surface area contributed by atoms with Gasteiger partial charge in [0.15, 0.2) is 11.7 Å². The van der Waals surface area contributed by atoms with Crippen LogP contribution in [0.25, 0.3) is 11.3 Å². The Morgan fingerprint density at radius 2 is 2.05 bits per heavy atom. The Bertz CT molecular complexity index is 594. The van der Waals surface area contributed by atoms with Crippen molar-refractivity contribution in [2.24, 2.45) is 0 Å². The number of benzene rings is 1. The first kappa shape index (κ1) is 14.7. The van der Waals surface area contributed by atoms with Gasteiger partial charge in [0.05, 0.1) is 11.8 Å². The predicted molar refractivity (Wildman–Crippen MR) is 73.4 cm³/mol. The maximum absolute atomic E-state index is 14.0. The summed E-state index contributed by atoms with van der Waals surface area (Å²) in [4.78, 5) is 4.06. The lowest BCUT2D eigenvalue weighted by Gasteiger charge is -2.05. The van der Waals surface area contributed by atoms with Gasteiger partial charge in [-0.15, -0.1) is 0 Å². The molecule has 0 aliphatic rings. The lowest BCUT2D eigenvalue weighted by molar-refractivity contribution is 0.478. The summed E-state index contributed by atoms with van der Waals surface area (Å²) in [6.07, 6.45) is 1.94. The van der Waals surface area contributed by atoms with Crippen LogP contribution in [-0.4, -0.2) is 17.6 Å². The summed E-state index contributed by atoms with van der Waals surface area (Å²) in [5.41, 5.74) is 0.224. The maximum atomic E-state index is 14.0. The van der Waals surface area contributed by atoms with Gasteiger partial charge in [0.25, 0.3) is 0 Å². The lowest BCUT2D eigenvalue weighted by Crippen LogP contribution is -2.24. The van der Waals surface area contributed by atoms with Gasteiger partial charge in [-0.25, -0.2) is 13.8 Å². The minimum absolute atomic E-state index is 0.128. The van der Waals surface area contributed by atoms with Gasteiger partial charge in [-0.1, -0.05) is 19.9 Å². The maximum Gasteiger partial charge on any atom is 0.196 e. The van der Waals surface area contributed by atoms with Crippen molar-refractivity contribution in [3.63, 3.8) is 0 Å². The quantitative estimate of drug-likeness (QED) is 0.911. The van der Waals surface area contributed by atoms with Crippen LogP contribution in [0.1, 0.15) is 25.3 Å². The summed E-state index contributed by atoms with van der Waals surface area (Å²) in [5, 5.41) is 3.23. The summed E-state index contributed by atoms with van der Waals surface area (Å²) >= 11 is 0. The topological polar surface area (TPSA) is 38.1 Å². The molecule has 0 saturated heterocycles. The highest BCUT2D eigenvalue weighted by Crippen LogP contribution is 2.28. The van der Waals surface area contributed by atoms with Gasteiger partial charge in [0.2, 0.25) is 0 Å². The summed E-state index contributed by atoms with van der Waals surface area (Å²) in [6, 6.07) is 3.00. The van der Waals surface area contributed by atoms with E-state index in [2.05, 4.69) is 10.3 Å². The van der Waals surface area contributed by atoms with Gasteiger partial charge >= 0.3 is 0 Å². The Balaban J connectivity index is 2.19. The van der Waals surface area contributed by atoms with Crippen molar-refractivity contribution in [2.75, 3.05) is 6.54 Å². The highest BCUT2D eigenvalue weighted by Gasteiger charge is 2.17. The van der Waals surface area contributed by atoms with E-state index in [-0.39, 0.29) is 11.3 Å². The molecule has 0 unspecified atom stereocenters. The minimum Gasteiger partial charge on any atom is -0.440 e. The minimum atomic E-state index is -0.642. The van der Waals surface area contributed by atoms with Crippen molar-refractivity contribution in [3.05, 3.63) is 41.4 Å². The van der Waals surface area contributed by atoms with E-state index in [1.165, 1.54) is 18.3 Å². The molecule has 2 rings (SSSR count). The number of aryl methyl sites for hydroxylation is 1. The second-order valence-electron chi connectivity index (χ2n) is 5.03. The molecule has 0 aliphatic heterocycles. The van der Waals surface area contributed by atoms with Crippen LogP contribution in [0.5, 0.6) is 0 Å². The Kier molecular flexibility index (Phi) is 4.49. The zero-order chi connectivity index (χ0) is 14.7. The standard InChI is InChI=1S/C15H18F2N2O/c1-9(2)18-7-6-13-19-8-12(20-13)14-11(16)5-4-10(3)15(14)17/h4-5,8-9,18H,6-7H2,1-3H3. The zero-order valence-corrected chi connectivity index (χ0v) is 11.8. The summed E-state index contributed by atoms with van der Waals surface area (Å²) in [5.74, 6) is -0.652. The second-order valence-corrected chi connectivity index (χ2v) is 5.03. The first-order chi connectivity index (χ1) is 9.49. The van der Waals surface area contributed by atoms with Crippen molar-refractivity contribution < 1.29 is 13.2 Å². The normalized spacial score (nSPS) is 11.3. The second kappa shape index (κ2) is 6.13. The third-order valence-electron chi connectivity index (χ3n) is 2.98. The largest absolute Gasteiger partial charge is 0.440 e. The van der Waals surface area contributed by atoms with Crippen molar-refractivity contribution >= 4 is 0 Å². The molecular weight excluding hydrogens is 262 g/mol. The van der Waals surface area contributed by atoms with E-state index < -0.39 is 11.6 Å². The molecule has 1 heterocycles. The van der Waals surface area contributed by atoms with Gasteiger partial charge < -0.3 is 9.73 Å². The van der Waals surface area contributed by atoms with Crippen LogP contribution in [0.3, 0.4) is 0 Å². The van der Waals surface area contributed by atoms with Crippen molar-refractivity contribution in [2.45, 2.75) is 33.2 Å². The molecule has 0 fully saturated rings. The van der Waals surface area contributed by atoms with Crippen LogP contribution in [0, 0.1) is 18.6 Å². The summed E-state index contributed by atoms with van der Waals surface area (Å²) in [7, 11) is 0. The molecule has 1 aromatic carbocycles. The molecular formula is C15H18F2N2O. The number of halogens is 2. The van der Waals surface area contributed by atoms with Gasteiger partial charge in [0, 0.05) is 19.0 Å². The third kappa shape index (κ3) is 3.22. The highest BCUT2D eigenvalue weighted by atomic mass is 19.1. The fourth-order valence-electron chi connectivity index (χ4n) is 1.89. The van der Waals surface area contributed by atoms with Gasteiger partial charge in [-0.2, -0.15) is 0 Å². The number of nitrogens with zero attached hydrogens (tertiary/aromatic N) is 1. The van der Waals surface area contributed by atoms with Crippen LogP contribution in [0.15, 0.2) is 22.7 Å². The molecule has 5 heteroatoms. The first-order valence-electron chi connectivity index (χ1n) is 6.62. The summed E-state index contributed by atoms with van der Waals surface area (Å²) in [6.45, 7) is 6.37. The molecule has 1 N–H and O–H groups in total. The number of rotatable bonds is 5. The van der Waals surface area contributed by atoms with E-state index in [1.54, 1.807) is 6.92 Å². The van der Waals surface area contributed by atoms with Crippen molar-refractivity contribution in [3.8, 4) is 11.3 Å². The third-order valence-corrected chi connectivity index (χ3v) is 2.98. The van der Waals surface area contributed by atoms with Crippen LogP contribution >= 0.6 is 0 Å². The molecule has 1 aromatic heterocycles. The van der Waals surface area contributed by atoms with Gasteiger partial charge in [0.1, 0.15) is 11.6 Å². The first-order valence-corrected chi connectivity index (χ1v) is 6.62. The van der Waals surface area contributed by atoms with E-state index in [1.807, 2.05) is 13.8 Å². The number of hydrogen-bond donors (Lipinski definition) is 1. The number of nitrogens with one attached hydrogen (secondary N) is 1. The molecule has 3 nitrogen and oxygen atoms in total. The van der Waals surface area contributed by atoms with Crippen LogP contribution in [0.2, 0.25) is 0 Å². The van der Waals surface area contributed by atoms with Crippen molar-refractivity contribution in [1.82, 2.24) is 10.3 Å². The Morgan fingerprint density at radius 1 is 1.30 bits per heavy atom. The fraction of sp³-hybridized carbons (Fsp3) is 0.400. The molecule has 0 atom stereocenters. The highest BCUT2D eigenvalue weighted by molar-refractivity contribution is 5.59. The molecule has 108 valence electrons. The average molecular weight is 280 g/mol. The molecule has 20 heavy (non-hydrogen) atoms. The fourth-order valence-corrected chi connectivity index (χ4v) is 1.89. The SMILES string of the molecule is Cc1ccc(F)c(-c2cnc(CCNC(C)C)o2)c1F. The molecule has 0 amide bonds. The Labute approximate surface area is 117 Å². The van der Waals surface area contributed by atoms with Crippen LogP contribution < -0.4 is 5.32 Å². The van der Waals surface area contributed by atoms with Crippen LogP contribution in [-0.2, 0) is 6.42 Å². The smallest absolute Gasteiger partial charge is 0.196 e. The molecule has 0 spiro atoms. The van der Waals surface area contributed by atoms with E-state index >= 15 is 0 Å². The molecule has 0 bridgehead atoms. The average Bonchev–Trinajstić information content (AvgIpc) is 2.83. The number of hydrogen-bond acceptors (Lipinski definition) is 3. The molecule has 2 aromatic rings. The number of oxazole rings is 1. The predicted octanol–water partition coefficient (Wildman–Crippen LogP) is 3.47. The van der Waals surface area contributed by atoms with Gasteiger partial charge in [-0.3, -0.25) is 0 Å². The van der Waals surface area contributed by atoms with E-state index in [4.69, 9.17) is 4.42 Å². The van der Waals surface area contributed by atoms with E-state index in [0.29, 0.717) is 30.5 Å².